The van der Waals surface area contributed by atoms with Crippen LogP contribution in [0.4, 0.5) is 0 Å². The number of benzene rings is 2. The Bertz CT molecular complexity index is 985. The molecule has 0 atom stereocenters. The molecule has 0 spiro atoms. The molecular weight excluding hydrogens is 393 g/mol. The number of amides is 2. The summed E-state index contributed by atoms with van der Waals surface area (Å²) in [5.74, 6) is -0.198. The van der Waals surface area contributed by atoms with Crippen LogP contribution in [0.3, 0.4) is 0 Å². The molecule has 0 bridgehead atoms. The fraction of sp³-hybridized carbons (Fsp3) is 0.304. The first-order chi connectivity index (χ1) is 14.5. The average molecular weight is 423 g/mol. The molecule has 0 unspecified atom stereocenters. The molecule has 2 aromatic rings. The molecule has 0 aliphatic carbocycles. The third kappa shape index (κ3) is 5.34. The number of hydrogen-bond acceptors (Lipinski definition) is 5. The monoisotopic (exact) mass is 423 g/mol. The van der Waals surface area contributed by atoms with Crippen LogP contribution < -0.4 is 20.9 Å². The van der Waals surface area contributed by atoms with Crippen LogP contribution in [0, 0.1) is 6.92 Å². The van der Waals surface area contributed by atoms with Gasteiger partial charge in [-0.05, 0) is 70.0 Å². The van der Waals surface area contributed by atoms with Gasteiger partial charge in [-0.3, -0.25) is 15.0 Å². The van der Waals surface area contributed by atoms with Crippen LogP contribution in [-0.4, -0.2) is 48.6 Å². The fourth-order valence-electron chi connectivity index (χ4n) is 3.18. The van der Waals surface area contributed by atoms with Crippen LogP contribution in [-0.2, 0) is 0 Å². The Morgan fingerprint density at radius 1 is 1.23 bits per heavy atom. The second-order valence-electron chi connectivity index (χ2n) is 8.12. The van der Waals surface area contributed by atoms with E-state index in [-0.39, 0.29) is 5.91 Å². The van der Waals surface area contributed by atoms with Gasteiger partial charge in [0.05, 0.1) is 12.6 Å². The lowest BCUT2D eigenvalue weighted by Crippen LogP contribution is -2.56. The standard InChI is InChI=1S/C23H30BN3O4/c1-8-16-14-17(12-13-19(16)24(30)25-6)22(29)27(23(3,4)5)26-21(28)18-10-9-11-20(31-7)15(18)2/h8-14,25,30H,1H2,2-7H3,(H,26,28). The number of nitrogens with one attached hydrogen (secondary N) is 2. The topological polar surface area (TPSA) is 90.9 Å². The first-order valence-corrected chi connectivity index (χ1v) is 9.96. The quantitative estimate of drug-likeness (QED) is 0.489. The summed E-state index contributed by atoms with van der Waals surface area (Å²) in [6.45, 7) is 11.1. The van der Waals surface area contributed by atoms with Crippen molar-refractivity contribution in [2.75, 3.05) is 14.2 Å². The van der Waals surface area contributed by atoms with Gasteiger partial charge in [0, 0.05) is 16.7 Å². The number of hydrogen-bond donors (Lipinski definition) is 3. The highest BCUT2D eigenvalue weighted by molar-refractivity contribution is 6.64. The van der Waals surface area contributed by atoms with Crippen molar-refractivity contribution in [2.45, 2.75) is 33.2 Å². The highest BCUT2D eigenvalue weighted by Gasteiger charge is 2.31. The highest BCUT2D eigenvalue weighted by Crippen LogP contribution is 2.22. The van der Waals surface area contributed by atoms with E-state index in [0.717, 1.165) is 0 Å². The van der Waals surface area contributed by atoms with Crippen LogP contribution in [0.2, 0.25) is 0 Å². The maximum atomic E-state index is 13.4. The molecule has 0 saturated carbocycles. The summed E-state index contributed by atoms with van der Waals surface area (Å²) < 4.78 is 5.29. The van der Waals surface area contributed by atoms with Crippen LogP contribution in [0.25, 0.3) is 6.08 Å². The van der Waals surface area contributed by atoms with E-state index in [1.807, 2.05) is 20.8 Å². The second-order valence-corrected chi connectivity index (χ2v) is 8.12. The Labute approximate surface area is 184 Å². The van der Waals surface area contributed by atoms with Crippen molar-refractivity contribution < 1.29 is 19.3 Å². The molecule has 0 heterocycles. The van der Waals surface area contributed by atoms with Gasteiger partial charge in [-0.15, -0.1) is 0 Å². The lowest BCUT2D eigenvalue weighted by Gasteiger charge is -2.35. The fourth-order valence-corrected chi connectivity index (χ4v) is 3.18. The lowest BCUT2D eigenvalue weighted by atomic mass is 9.71. The molecule has 2 rings (SSSR count). The first kappa shape index (κ1) is 24.2. The van der Waals surface area contributed by atoms with Crippen molar-refractivity contribution in [3.8, 4) is 5.75 Å². The van der Waals surface area contributed by atoms with Crippen LogP contribution in [0.5, 0.6) is 5.75 Å². The highest BCUT2D eigenvalue weighted by atomic mass is 16.5. The molecule has 0 aliphatic rings. The van der Waals surface area contributed by atoms with Gasteiger partial charge in [-0.2, -0.15) is 0 Å². The normalized spacial score (nSPS) is 10.9. The molecule has 0 aromatic heterocycles. The summed E-state index contributed by atoms with van der Waals surface area (Å²) >= 11 is 0. The Morgan fingerprint density at radius 3 is 2.45 bits per heavy atom. The lowest BCUT2D eigenvalue weighted by molar-refractivity contribution is 0.0358. The van der Waals surface area contributed by atoms with E-state index < -0.39 is 18.5 Å². The van der Waals surface area contributed by atoms with Crippen LogP contribution in [0.15, 0.2) is 43.0 Å². The molecule has 0 aliphatic heterocycles. The van der Waals surface area contributed by atoms with Gasteiger partial charge in [0.1, 0.15) is 5.75 Å². The Morgan fingerprint density at radius 2 is 1.90 bits per heavy atom. The number of hydrazine groups is 1. The second kappa shape index (κ2) is 9.81. The van der Waals surface area contributed by atoms with E-state index in [0.29, 0.717) is 33.5 Å². The van der Waals surface area contributed by atoms with Gasteiger partial charge < -0.3 is 15.0 Å². The van der Waals surface area contributed by atoms with Gasteiger partial charge in [0.25, 0.3) is 11.8 Å². The number of carbonyl (C=O) groups is 2. The van der Waals surface area contributed by atoms with Gasteiger partial charge in [0.2, 0.25) is 0 Å². The number of rotatable bonds is 6. The minimum absolute atomic E-state index is 0.361. The maximum absolute atomic E-state index is 13.4. The molecule has 3 N–H and O–H groups in total. The van der Waals surface area contributed by atoms with Crippen molar-refractivity contribution in [3.63, 3.8) is 0 Å². The van der Waals surface area contributed by atoms with Crippen molar-refractivity contribution in [1.29, 1.82) is 0 Å². The van der Waals surface area contributed by atoms with Gasteiger partial charge in [-0.25, -0.2) is 5.01 Å². The Kier molecular flexibility index (Phi) is 7.65. The number of nitrogens with zero attached hydrogens (tertiary/aromatic N) is 1. The third-order valence-electron chi connectivity index (χ3n) is 4.96. The van der Waals surface area contributed by atoms with E-state index in [9.17, 15) is 14.6 Å². The summed E-state index contributed by atoms with van der Waals surface area (Å²) in [4.78, 5) is 26.4. The minimum Gasteiger partial charge on any atom is -0.496 e. The van der Waals surface area contributed by atoms with E-state index in [2.05, 4.69) is 17.2 Å². The van der Waals surface area contributed by atoms with E-state index in [1.54, 1.807) is 63.6 Å². The maximum Gasteiger partial charge on any atom is 0.413 e. The molecule has 31 heavy (non-hydrogen) atoms. The summed E-state index contributed by atoms with van der Waals surface area (Å²) in [6.07, 6.45) is 1.58. The number of methoxy groups -OCH3 is 1. The van der Waals surface area contributed by atoms with Crippen molar-refractivity contribution in [1.82, 2.24) is 15.7 Å². The molecule has 0 radical (unpaired) electrons. The Hall–Kier alpha value is -3.10. The van der Waals surface area contributed by atoms with Crippen molar-refractivity contribution in [3.05, 3.63) is 65.2 Å². The van der Waals surface area contributed by atoms with Crippen molar-refractivity contribution in [2.24, 2.45) is 0 Å². The molecule has 0 saturated heterocycles. The summed E-state index contributed by atoms with van der Waals surface area (Å²) in [5.41, 5.74) is 4.74. The molecule has 2 aromatic carbocycles. The summed E-state index contributed by atoms with van der Waals surface area (Å²) in [6, 6.07) is 10.1. The van der Waals surface area contributed by atoms with Crippen molar-refractivity contribution >= 4 is 30.4 Å². The van der Waals surface area contributed by atoms with E-state index >= 15 is 0 Å². The first-order valence-electron chi connectivity index (χ1n) is 9.96. The minimum atomic E-state index is -0.883. The SMILES string of the molecule is C=Cc1cc(C(=O)N(NC(=O)c2cccc(OC)c2C)C(C)(C)C)ccc1B(O)NC. The van der Waals surface area contributed by atoms with Gasteiger partial charge in [0.15, 0.2) is 0 Å². The average Bonchev–Trinajstić information content (AvgIpc) is 2.75. The predicted octanol–water partition coefficient (Wildman–Crippen LogP) is 2.14. The van der Waals surface area contributed by atoms with E-state index in [1.165, 1.54) is 5.01 Å². The van der Waals surface area contributed by atoms with Crippen LogP contribution >= 0.6 is 0 Å². The summed E-state index contributed by atoms with van der Waals surface area (Å²) in [5, 5.41) is 14.2. The molecular formula is C23H30BN3O4. The van der Waals surface area contributed by atoms with Gasteiger partial charge >= 0.3 is 7.05 Å². The Balaban J connectivity index is 2.40. The molecule has 8 heteroatoms. The van der Waals surface area contributed by atoms with Crippen LogP contribution in [0.1, 0.15) is 52.6 Å². The number of ether oxygens (including phenoxy) is 1. The molecule has 2 amide bonds. The zero-order chi connectivity index (χ0) is 23.3. The number of carbonyl (C=O) groups excluding carboxylic acids is 2. The zero-order valence-electron chi connectivity index (χ0n) is 18.9. The molecule has 164 valence electrons. The predicted molar refractivity (Wildman–Crippen MR) is 124 cm³/mol. The van der Waals surface area contributed by atoms with E-state index in [4.69, 9.17) is 4.74 Å². The smallest absolute Gasteiger partial charge is 0.413 e. The summed E-state index contributed by atoms with van der Waals surface area (Å²) in [7, 11) is 2.29. The molecule has 0 fully saturated rings. The van der Waals surface area contributed by atoms with Gasteiger partial charge in [-0.1, -0.05) is 24.8 Å². The zero-order valence-corrected chi connectivity index (χ0v) is 18.9. The largest absolute Gasteiger partial charge is 0.496 e. The third-order valence-corrected chi connectivity index (χ3v) is 4.96. The molecule has 7 nitrogen and oxygen atoms in total.